The molecule has 25 heavy (non-hydrogen) atoms. The summed E-state index contributed by atoms with van der Waals surface area (Å²) >= 11 is 7.61. The molecule has 1 N–H and O–H groups in total. The van der Waals surface area contributed by atoms with Crippen molar-refractivity contribution in [2.45, 2.75) is 31.8 Å². The first-order valence-corrected chi connectivity index (χ1v) is 9.98. The number of nitrogens with zero attached hydrogens (tertiary/aromatic N) is 3. The SMILES string of the molecule is C[C@@]1(C2CC2)NC(=O)N(CN2CCN(Cc3ccc(Cl)s3)CC2)C1=O. The van der Waals surface area contributed by atoms with Gasteiger partial charge in [-0.2, -0.15) is 0 Å². The lowest BCUT2D eigenvalue weighted by Crippen LogP contribution is -2.51. The Balaban J connectivity index is 1.30. The molecule has 3 amide bonds. The van der Waals surface area contributed by atoms with Gasteiger partial charge in [-0.3, -0.25) is 14.6 Å². The first kappa shape index (κ1) is 17.3. The average molecular weight is 383 g/mol. The van der Waals surface area contributed by atoms with Gasteiger partial charge in [0.2, 0.25) is 0 Å². The van der Waals surface area contributed by atoms with Crippen LogP contribution >= 0.6 is 22.9 Å². The molecule has 0 aromatic carbocycles. The lowest BCUT2D eigenvalue weighted by Gasteiger charge is -2.35. The summed E-state index contributed by atoms with van der Waals surface area (Å²) in [5, 5.41) is 2.91. The predicted molar refractivity (Wildman–Crippen MR) is 97.6 cm³/mol. The van der Waals surface area contributed by atoms with Gasteiger partial charge in [-0.05, 0) is 37.8 Å². The second-order valence-corrected chi connectivity index (χ2v) is 9.18. The van der Waals surface area contributed by atoms with Gasteiger partial charge in [0.25, 0.3) is 5.91 Å². The minimum atomic E-state index is -0.683. The molecule has 3 fully saturated rings. The number of carbonyl (C=O) groups excluding carboxylic acids is 2. The number of carbonyl (C=O) groups is 2. The highest BCUT2D eigenvalue weighted by Gasteiger charge is 2.56. The minimum Gasteiger partial charge on any atom is -0.323 e. The summed E-state index contributed by atoms with van der Waals surface area (Å²) < 4.78 is 0.825. The normalized spacial score (nSPS) is 28.6. The quantitative estimate of drug-likeness (QED) is 0.793. The molecule has 8 heteroatoms. The van der Waals surface area contributed by atoms with E-state index < -0.39 is 5.54 Å². The van der Waals surface area contributed by atoms with Crippen molar-refractivity contribution >= 4 is 34.9 Å². The summed E-state index contributed by atoms with van der Waals surface area (Å²) in [6, 6.07) is 3.77. The first-order valence-electron chi connectivity index (χ1n) is 8.79. The molecular formula is C17H23ClN4O2S. The van der Waals surface area contributed by atoms with Gasteiger partial charge in [-0.25, -0.2) is 9.69 Å². The van der Waals surface area contributed by atoms with Crippen molar-refractivity contribution in [3.8, 4) is 0 Å². The van der Waals surface area contributed by atoms with Crippen molar-refractivity contribution < 1.29 is 9.59 Å². The molecule has 1 aromatic heterocycles. The van der Waals surface area contributed by atoms with Crippen LogP contribution in [-0.4, -0.2) is 65.0 Å². The number of halogens is 1. The highest BCUT2D eigenvalue weighted by Crippen LogP contribution is 2.42. The van der Waals surface area contributed by atoms with Crippen molar-refractivity contribution in [2.75, 3.05) is 32.8 Å². The summed E-state index contributed by atoms with van der Waals surface area (Å²) in [6.07, 6.45) is 2.06. The maximum atomic E-state index is 12.7. The van der Waals surface area contributed by atoms with Crippen LogP contribution in [0.3, 0.4) is 0 Å². The van der Waals surface area contributed by atoms with E-state index >= 15 is 0 Å². The Hall–Kier alpha value is -1.15. The van der Waals surface area contributed by atoms with Gasteiger partial charge in [0.05, 0.1) is 11.0 Å². The van der Waals surface area contributed by atoms with Crippen molar-refractivity contribution in [1.82, 2.24) is 20.0 Å². The van der Waals surface area contributed by atoms with E-state index in [-0.39, 0.29) is 11.9 Å². The Morgan fingerprint density at radius 3 is 2.48 bits per heavy atom. The Labute approximate surface area is 156 Å². The lowest BCUT2D eigenvalue weighted by atomic mass is 9.96. The van der Waals surface area contributed by atoms with Crippen LogP contribution in [0.25, 0.3) is 0 Å². The minimum absolute atomic E-state index is 0.0596. The fourth-order valence-corrected chi connectivity index (χ4v) is 4.86. The van der Waals surface area contributed by atoms with Gasteiger partial charge in [0.15, 0.2) is 0 Å². The smallest absolute Gasteiger partial charge is 0.323 e. The fraction of sp³-hybridized carbons (Fsp3) is 0.647. The lowest BCUT2D eigenvalue weighted by molar-refractivity contribution is -0.133. The second kappa shape index (κ2) is 6.54. The monoisotopic (exact) mass is 382 g/mol. The zero-order valence-electron chi connectivity index (χ0n) is 14.3. The summed E-state index contributed by atoms with van der Waals surface area (Å²) in [4.78, 5) is 32.2. The van der Waals surface area contributed by atoms with Crippen LogP contribution < -0.4 is 5.32 Å². The molecule has 6 nitrogen and oxygen atoms in total. The summed E-state index contributed by atoms with van der Waals surface area (Å²) in [6.45, 7) is 6.75. The Kier molecular flexibility index (Phi) is 4.52. The van der Waals surface area contributed by atoms with E-state index in [1.54, 1.807) is 11.3 Å². The van der Waals surface area contributed by atoms with E-state index in [1.807, 2.05) is 13.0 Å². The molecule has 1 saturated carbocycles. The molecule has 0 radical (unpaired) electrons. The van der Waals surface area contributed by atoms with Gasteiger partial charge in [-0.1, -0.05) is 11.6 Å². The maximum absolute atomic E-state index is 12.7. The largest absolute Gasteiger partial charge is 0.326 e. The van der Waals surface area contributed by atoms with Crippen molar-refractivity contribution in [3.63, 3.8) is 0 Å². The Bertz CT molecular complexity index is 684. The number of hydrogen-bond donors (Lipinski definition) is 1. The van der Waals surface area contributed by atoms with E-state index in [0.717, 1.165) is 49.9 Å². The zero-order valence-corrected chi connectivity index (χ0v) is 15.9. The Morgan fingerprint density at radius 2 is 1.88 bits per heavy atom. The predicted octanol–water partition coefficient (Wildman–Crippen LogP) is 2.20. The number of rotatable bonds is 5. The molecule has 136 valence electrons. The topological polar surface area (TPSA) is 55.9 Å². The van der Waals surface area contributed by atoms with Crippen molar-refractivity contribution in [3.05, 3.63) is 21.3 Å². The second-order valence-electron chi connectivity index (χ2n) is 7.38. The van der Waals surface area contributed by atoms with Gasteiger partial charge in [0.1, 0.15) is 5.54 Å². The van der Waals surface area contributed by atoms with Crippen LogP contribution in [0.5, 0.6) is 0 Å². The van der Waals surface area contributed by atoms with Crippen LogP contribution in [0, 0.1) is 5.92 Å². The number of imide groups is 1. The molecule has 2 aliphatic heterocycles. The number of amides is 3. The molecule has 0 unspecified atom stereocenters. The number of nitrogens with one attached hydrogen (secondary N) is 1. The summed E-state index contributed by atoms with van der Waals surface area (Å²) in [5.41, 5.74) is -0.683. The van der Waals surface area contributed by atoms with E-state index in [1.165, 1.54) is 9.78 Å². The highest BCUT2D eigenvalue weighted by atomic mass is 35.5. The third-order valence-corrected chi connectivity index (χ3v) is 6.73. The maximum Gasteiger partial charge on any atom is 0.326 e. The Morgan fingerprint density at radius 1 is 1.20 bits per heavy atom. The molecule has 4 rings (SSSR count). The summed E-state index contributed by atoms with van der Waals surface area (Å²) in [7, 11) is 0. The molecule has 2 saturated heterocycles. The van der Waals surface area contributed by atoms with Gasteiger partial charge >= 0.3 is 6.03 Å². The van der Waals surface area contributed by atoms with Crippen molar-refractivity contribution in [2.24, 2.45) is 5.92 Å². The van der Waals surface area contributed by atoms with Crippen LogP contribution in [-0.2, 0) is 11.3 Å². The highest BCUT2D eigenvalue weighted by molar-refractivity contribution is 7.16. The number of thiophene rings is 1. The van der Waals surface area contributed by atoms with E-state index in [9.17, 15) is 9.59 Å². The molecule has 1 aromatic rings. The van der Waals surface area contributed by atoms with Crippen LogP contribution in [0.15, 0.2) is 12.1 Å². The molecule has 1 aliphatic carbocycles. The van der Waals surface area contributed by atoms with Crippen molar-refractivity contribution in [1.29, 1.82) is 0 Å². The third kappa shape index (κ3) is 3.43. The molecule has 1 atom stereocenters. The van der Waals surface area contributed by atoms with Crippen LogP contribution in [0.4, 0.5) is 4.79 Å². The van der Waals surface area contributed by atoms with Crippen LogP contribution in [0.2, 0.25) is 4.34 Å². The average Bonchev–Trinajstić information content (AvgIpc) is 3.33. The van der Waals surface area contributed by atoms with Gasteiger partial charge in [-0.15, -0.1) is 11.3 Å². The van der Waals surface area contributed by atoms with Gasteiger partial charge < -0.3 is 5.32 Å². The zero-order chi connectivity index (χ0) is 17.6. The molecule has 3 heterocycles. The third-order valence-electron chi connectivity index (χ3n) is 5.51. The van der Waals surface area contributed by atoms with E-state index in [4.69, 9.17) is 11.6 Å². The molecule has 3 aliphatic rings. The number of hydrogen-bond acceptors (Lipinski definition) is 5. The summed E-state index contributed by atoms with van der Waals surface area (Å²) in [5.74, 6) is 0.249. The standard InChI is InChI=1S/C17H23ClN4O2S/c1-17(12-2-3-12)15(23)22(16(24)19-17)11-21-8-6-20(7-9-21)10-13-4-5-14(18)25-13/h4-5,12H,2-3,6-11H2,1H3,(H,19,24)/t17-/m0/s1. The van der Waals surface area contributed by atoms with E-state index in [0.29, 0.717) is 12.6 Å². The number of urea groups is 1. The first-order chi connectivity index (χ1) is 12.0. The van der Waals surface area contributed by atoms with E-state index in [2.05, 4.69) is 21.2 Å². The molecule has 0 spiro atoms. The number of piperazine rings is 1. The van der Waals surface area contributed by atoms with Crippen LogP contribution in [0.1, 0.15) is 24.6 Å². The van der Waals surface area contributed by atoms with Gasteiger partial charge in [0, 0.05) is 37.6 Å². The molecular weight excluding hydrogens is 360 g/mol. The molecule has 0 bridgehead atoms. The fourth-order valence-electron chi connectivity index (χ4n) is 3.73.